The van der Waals surface area contributed by atoms with Crippen molar-refractivity contribution < 1.29 is 28.2 Å². The predicted molar refractivity (Wildman–Crippen MR) is 119 cm³/mol. The number of nitrogens with zero attached hydrogens (tertiary/aromatic N) is 3. The Bertz CT molecular complexity index is 1220. The molecular weight excluding hydrogens is 429 g/mol. The molecule has 1 amide bonds. The molecule has 174 valence electrons. The van der Waals surface area contributed by atoms with Crippen molar-refractivity contribution in [2.75, 3.05) is 33.9 Å². The fourth-order valence-corrected chi connectivity index (χ4v) is 4.15. The van der Waals surface area contributed by atoms with Crippen LogP contribution in [0.5, 0.6) is 0 Å². The second kappa shape index (κ2) is 9.19. The maximum absolute atomic E-state index is 14.5. The molecule has 0 radical (unpaired) electrons. The first-order chi connectivity index (χ1) is 15.8. The van der Waals surface area contributed by atoms with Gasteiger partial charge in [0.05, 0.1) is 50.4 Å². The highest BCUT2D eigenvalue weighted by molar-refractivity contribution is 5.90. The van der Waals surface area contributed by atoms with Crippen molar-refractivity contribution in [1.82, 2.24) is 14.3 Å². The highest BCUT2D eigenvalue weighted by atomic mass is 19.1. The third-order valence-corrected chi connectivity index (χ3v) is 5.90. The van der Waals surface area contributed by atoms with E-state index in [1.54, 1.807) is 34.4 Å². The molecule has 9 heteroatoms. The second-order valence-corrected chi connectivity index (χ2v) is 8.07. The summed E-state index contributed by atoms with van der Waals surface area (Å²) < 4.78 is 31.8. The van der Waals surface area contributed by atoms with Gasteiger partial charge in [0.15, 0.2) is 0 Å². The van der Waals surface area contributed by atoms with E-state index in [4.69, 9.17) is 19.2 Å². The van der Waals surface area contributed by atoms with Crippen molar-refractivity contribution in [2.24, 2.45) is 0 Å². The Hall–Kier alpha value is -3.46. The molecule has 0 bridgehead atoms. The summed E-state index contributed by atoms with van der Waals surface area (Å²) in [5.74, 6) is -0.762. The predicted octanol–water partition coefficient (Wildman–Crippen LogP) is 3.55. The number of hydrogen-bond donors (Lipinski definition) is 0. The van der Waals surface area contributed by atoms with Gasteiger partial charge < -0.3 is 23.5 Å². The maximum atomic E-state index is 14.5. The molecule has 0 spiro atoms. The summed E-state index contributed by atoms with van der Waals surface area (Å²) in [6.45, 7) is 4.76. The normalized spacial score (nSPS) is 16.2. The van der Waals surface area contributed by atoms with Crippen molar-refractivity contribution in [3.8, 4) is 11.3 Å². The number of ether oxygens (including phenoxy) is 3. The molecule has 1 aliphatic rings. The summed E-state index contributed by atoms with van der Waals surface area (Å²) in [5, 5.41) is 0. The zero-order valence-corrected chi connectivity index (χ0v) is 19.1. The van der Waals surface area contributed by atoms with Gasteiger partial charge in [0.25, 0.3) is 0 Å². The van der Waals surface area contributed by atoms with Gasteiger partial charge in [-0.2, -0.15) is 0 Å². The van der Waals surface area contributed by atoms with E-state index in [0.29, 0.717) is 48.6 Å². The number of morpholine rings is 1. The SMILES string of the molecule is COC(=O)c1ccc(-c2nc3cc(C)c(F)cn3c2C[C@H]2CN(C(=O)OC)CCO2)c(C)c1. The van der Waals surface area contributed by atoms with Gasteiger partial charge in [0.1, 0.15) is 11.5 Å². The van der Waals surface area contributed by atoms with E-state index in [1.807, 2.05) is 13.0 Å². The zero-order valence-electron chi connectivity index (χ0n) is 19.1. The molecule has 1 fully saturated rings. The molecule has 2 aromatic heterocycles. The number of aryl methyl sites for hydroxylation is 2. The summed E-state index contributed by atoms with van der Waals surface area (Å²) >= 11 is 0. The van der Waals surface area contributed by atoms with Crippen LogP contribution in [0.3, 0.4) is 0 Å². The molecule has 0 aliphatic carbocycles. The number of pyridine rings is 1. The van der Waals surface area contributed by atoms with Gasteiger partial charge in [-0.3, -0.25) is 0 Å². The molecule has 0 N–H and O–H groups in total. The summed E-state index contributed by atoms with van der Waals surface area (Å²) in [7, 11) is 2.69. The number of esters is 1. The number of benzene rings is 1. The highest BCUT2D eigenvalue weighted by Crippen LogP contribution is 2.30. The third kappa shape index (κ3) is 4.41. The molecule has 33 heavy (non-hydrogen) atoms. The Morgan fingerprint density at radius 2 is 1.97 bits per heavy atom. The second-order valence-electron chi connectivity index (χ2n) is 8.07. The lowest BCUT2D eigenvalue weighted by molar-refractivity contribution is -0.0241. The topological polar surface area (TPSA) is 82.4 Å². The molecule has 3 heterocycles. The summed E-state index contributed by atoms with van der Waals surface area (Å²) in [6.07, 6.45) is 1.12. The number of methoxy groups -OCH3 is 2. The van der Waals surface area contributed by atoms with Crippen LogP contribution in [0.4, 0.5) is 9.18 Å². The van der Waals surface area contributed by atoms with Crippen LogP contribution in [0.25, 0.3) is 16.9 Å². The highest BCUT2D eigenvalue weighted by Gasteiger charge is 2.28. The number of carbonyl (C=O) groups excluding carboxylic acids is 2. The maximum Gasteiger partial charge on any atom is 0.409 e. The van der Waals surface area contributed by atoms with Crippen LogP contribution in [0, 0.1) is 19.7 Å². The Kier molecular flexibility index (Phi) is 6.33. The number of carbonyl (C=O) groups is 2. The molecule has 0 saturated carbocycles. The number of fused-ring (bicyclic) bond motifs is 1. The lowest BCUT2D eigenvalue weighted by atomic mass is 9.99. The molecule has 8 nitrogen and oxygen atoms in total. The van der Waals surface area contributed by atoms with Crippen LogP contribution < -0.4 is 0 Å². The van der Waals surface area contributed by atoms with Crippen molar-refractivity contribution in [3.63, 3.8) is 0 Å². The lowest BCUT2D eigenvalue weighted by Gasteiger charge is -2.32. The van der Waals surface area contributed by atoms with Crippen molar-refractivity contribution in [2.45, 2.75) is 26.4 Å². The summed E-state index contributed by atoms with van der Waals surface area (Å²) in [6, 6.07) is 6.95. The van der Waals surface area contributed by atoms with E-state index in [1.165, 1.54) is 20.4 Å². The van der Waals surface area contributed by atoms with E-state index in [9.17, 15) is 14.0 Å². The number of imidazole rings is 1. The fourth-order valence-electron chi connectivity index (χ4n) is 4.15. The van der Waals surface area contributed by atoms with Crippen LogP contribution in [0.2, 0.25) is 0 Å². The Morgan fingerprint density at radius 3 is 2.67 bits per heavy atom. The number of rotatable bonds is 4. The van der Waals surface area contributed by atoms with E-state index < -0.39 is 12.1 Å². The van der Waals surface area contributed by atoms with Gasteiger partial charge in [-0.05, 0) is 43.2 Å². The van der Waals surface area contributed by atoms with Gasteiger partial charge in [-0.1, -0.05) is 6.07 Å². The van der Waals surface area contributed by atoms with E-state index >= 15 is 0 Å². The van der Waals surface area contributed by atoms with Crippen LogP contribution >= 0.6 is 0 Å². The first-order valence-electron chi connectivity index (χ1n) is 10.6. The zero-order chi connectivity index (χ0) is 23.7. The Labute approximate surface area is 190 Å². The average Bonchev–Trinajstić information content (AvgIpc) is 3.14. The fraction of sp³-hybridized carbons (Fsp3) is 0.375. The van der Waals surface area contributed by atoms with Crippen molar-refractivity contribution in [3.05, 3.63) is 58.7 Å². The lowest BCUT2D eigenvalue weighted by Crippen LogP contribution is -2.46. The Balaban J connectivity index is 1.78. The Morgan fingerprint density at radius 1 is 1.18 bits per heavy atom. The first-order valence-corrected chi connectivity index (χ1v) is 10.6. The first kappa shape index (κ1) is 22.7. The number of amides is 1. The summed E-state index contributed by atoms with van der Waals surface area (Å²) in [4.78, 5) is 30.3. The quantitative estimate of drug-likeness (QED) is 0.560. The van der Waals surface area contributed by atoms with Gasteiger partial charge in [-0.25, -0.2) is 19.0 Å². The van der Waals surface area contributed by atoms with Crippen LogP contribution in [-0.4, -0.2) is 66.4 Å². The van der Waals surface area contributed by atoms with Crippen LogP contribution in [0.15, 0.2) is 30.5 Å². The van der Waals surface area contributed by atoms with E-state index in [2.05, 4.69) is 0 Å². The minimum absolute atomic E-state index is 0.310. The molecular formula is C24H26FN3O5. The number of halogens is 1. The third-order valence-electron chi connectivity index (χ3n) is 5.90. The van der Waals surface area contributed by atoms with Crippen molar-refractivity contribution >= 4 is 17.7 Å². The largest absolute Gasteiger partial charge is 0.465 e. The smallest absolute Gasteiger partial charge is 0.409 e. The van der Waals surface area contributed by atoms with Gasteiger partial charge in [0, 0.05) is 24.7 Å². The standard InChI is InChI=1S/C24H26FN3O5/c1-14-9-16(23(29)31-3)5-6-18(14)22-20(28-13-19(25)15(2)10-21(28)26-22)11-17-12-27(7-8-33-17)24(30)32-4/h5-6,9-10,13,17H,7-8,11-12H2,1-4H3/t17-/m0/s1. The molecule has 1 aromatic carbocycles. The number of hydrogen-bond acceptors (Lipinski definition) is 6. The molecule has 4 rings (SSSR count). The average molecular weight is 455 g/mol. The van der Waals surface area contributed by atoms with Gasteiger partial charge in [0.2, 0.25) is 0 Å². The van der Waals surface area contributed by atoms with Crippen LogP contribution in [0.1, 0.15) is 27.2 Å². The molecule has 3 aromatic rings. The van der Waals surface area contributed by atoms with E-state index in [0.717, 1.165) is 16.8 Å². The van der Waals surface area contributed by atoms with Crippen molar-refractivity contribution in [1.29, 1.82) is 0 Å². The molecule has 1 aliphatic heterocycles. The summed E-state index contributed by atoms with van der Waals surface area (Å²) in [5.41, 5.74) is 4.63. The van der Waals surface area contributed by atoms with Gasteiger partial charge >= 0.3 is 12.1 Å². The number of aromatic nitrogens is 2. The molecule has 1 atom stereocenters. The van der Waals surface area contributed by atoms with Crippen LogP contribution in [-0.2, 0) is 20.6 Å². The minimum atomic E-state index is -0.420. The monoisotopic (exact) mass is 455 g/mol. The minimum Gasteiger partial charge on any atom is -0.465 e. The van der Waals surface area contributed by atoms with E-state index in [-0.39, 0.29) is 11.9 Å². The van der Waals surface area contributed by atoms with Gasteiger partial charge in [-0.15, -0.1) is 0 Å². The molecule has 0 unspecified atom stereocenters. The molecule has 1 saturated heterocycles.